The summed E-state index contributed by atoms with van der Waals surface area (Å²) in [7, 11) is 0. The molecule has 0 atom stereocenters. The highest BCUT2D eigenvalue weighted by atomic mass is 35.5. The second-order valence-electron chi connectivity index (χ2n) is 3.95. The van der Waals surface area contributed by atoms with Crippen LogP contribution in [-0.2, 0) is 14.3 Å². The lowest BCUT2D eigenvalue weighted by Crippen LogP contribution is -2.34. The van der Waals surface area contributed by atoms with Gasteiger partial charge in [-0.3, -0.25) is 14.4 Å². The molecule has 22 heavy (non-hydrogen) atoms. The molecule has 2 N–H and O–H groups in total. The summed E-state index contributed by atoms with van der Waals surface area (Å²) in [5, 5.41) is 5.19. The largest absolute Gasteiger partial charge is 0.454 e. The first-order chi connectivity index (χ1) is 10.4. The number of halogens is 2. The highest BCUT2D eigenvalue weighted by Gasteiger charge is 2.13. The summed E-state index contributed by atoms with van der Waals surface area (Å²) in [6, 6.07) is 4.33. The topological polar surface area (TPSA) is 84.5 Å². The molecule has 0 aromatic heterocycles. The molecule has 6 nitrogen and oxygen atoms in total. The van der Waals surface area contributed by atoms with Crippen molar-refractivity contribution in [2.75, 3.05) is 19.7 Å². The molecule has 0 aliphatic carbocycles. The standard InChI is InChI=1S/C14H12Cl2N2O4/c1-2-5-17-12(19)8-22-13(20)7-18-14(21)10-4-3-9(15)6-11(10)16/h1,3-4,6H,5,7-8H2,(H,17,19)(H,18,21). The van der Waals surface area contributed by atoms with Gasteiger partial charge in [0.25, 0.3) is 11.8 Å². The number of rotatable bonds is 6. The number of nitrogens with one attached hydrogen (secondary N) is 2. The molecule has 8 heteroatoms. The molecule has 0 heterocycles. The van der Waals surface area contributed by atoms with Crippen LogP contribution < -0.4 is 10.6 Å². The second kappa shape index (κ2) is 8.93. The molecule has 1 aromatic rings. The van der Waals surface area contributed by atoms with Crippen LogP contribution in [0.1, 0.15) is 10.4 Å². The zero-order chi connectivity index (χ0) is 16.5. The smallest absolute Gasteiger partial charge is 0.325 e. The Morgan fingerprint density at radius 2 is 1.95 bits per heavy atom. The maximum Gasteiger partial charge on any atom is 0.325 e. The zero-order valence-corrected chi connectivity index (χ0v) is 12.8. The molecule has 116 valence electrons. The SMILES string of the molecule is C#CCNC(=O)COC(=O)CNC(=O)c1ccc(Cl)cc1Cl. The molecule has 0 spiro atoms. The lowest BCUT2D eigenvalue weighted by molar-refractivity contribution is -0.147. The average molecular weight is 343 g/mol. The Kier molecular flexibility index (Phi) is 7.23. The zero-order valence-electron chi connectivity index (χ0n) is 11.3. The van der Waals surface area contributed by atoms with Gasteiger partial charge in [-0.2, -0.15) is 0 Å². The molecule has 0 aliphatic rings. The van der Waals surface area contributed by atoms with E-state index in [1.165, 1.54) is 18.2 Å². The summed E-state index contributed by atoms with van der Waals surface area (Å²) in [6.07, 6.45) is 4.95. The summed E-state index contributed by atoms with van der Waals surface area (Å²) in [5.41, 5.74) is 0.172. The van der Waals surface area contributed by atoms with Crippen LogP contribution in [-0.4, -0.2) is 37.5 Å². The van der Waals surface area contributed by atoms with Crippen LogP contribution in [0.5, 0.6) is 0 Å². The van der Waals surface area contributed by atoms with E-state index in [0.717, 1.165) is 0 Å². The lowest BCUT2D eigenvalue weighted by atomic mass is 10.2. The van der Waals surface area contributed by atoms with Crippen molar-refractivity contribution < 1.29 is 19.1 Å². The van der Waals surface area contributed by atoms with Crippen LogP contribution >= 0.6 is 23.2 Å². The minimum atomic E-state index is -0.769. The normalized spacial score (nSPS) is 9.50. The monoisotopic (exact) mass is 342 g/mol. The number of benzene rings is 1. The van der Waals surface area contributed by atoms with Crippen molar-refractivity contribution in [1.29, 1.82) is 0 Å². The van der Waals surface area contributed by atoms with Crippen molar-refractivity contribution in [3.05, 3.63) is 33.8 Å². The van der Waals surface area contributed by atoms with E-state index in [-0.39, 0.29) is 17.1 Å². The summed E-state index contributed by atoms with van der Waals surface area (Å²) in [6.45, 7) is -0.833. The fraction of sp³-hybridized carbons (Fsp3) is 0.214. The van der Waals surface area contributed by atoms with Crippen LogP contribution in [0.3, 0.4) is 0 Å². The van der Waals surface area contributed by atoms with Gasteiger partial charge in [-0.05, 0) is 18.2 Å². The number of amides is 2. The Hall–Kier alpha value is -2.23. The maximum atomic E-state index is 11.8. The highest BCUT2D eigenvalue weighted by Crippen LogP contribution is 2.20. The fourth-order valence-corrected chi connectivity index (χ4v) is 1.81. The fourth-order valence-electron chi connectivity index (χ4n) is 1.32. The van der Waals surface area contributed by atoms with Crippen molar-refractivity contribution >= 4 is 41.0 Å². The molecular formula is C14H12Cl2N2O4. The Labute approximate surface area is 137 Å². The minimum absolute atomic E-state index is 0.0438. The van der Waals surface area contributed by atoms with Gasteiger partial charge >= 0.3 is 5.97 Å². The molecular weight excluding hydrogens is 331 g/mol. The van der Waals surface area contributed by atoms with Gasteiger partial charge in [-0.15, -0.1) is 6.42 Å². The quantitative estimate of drug-likeness (QED) is 0.597. The number of hydrogen-bond acceptors (Lipinski definition) is 4. The van der Waals surface area contributed by atoms with Gasteiger partial charge in [0.05, 0.1) is 17.1 Å². The number of carbonyl (C=O) groups is 3. The number of esters is 1. The number of ether oxygens (including phenoxy) is 1. The average Bonchev–Trinajstić information content (AvgIpc) is 2.48. The van der Waals surface area contributed by atoms with Gasteiger partial charge in [-0.1, -0.05) is 29.1 Å². The first-order valence-electron chi connectivity index (χ1n) is 6.03. The predicted molar refractivity (Wildman–Crippen MR) is 81.6 cm³/mol. The molecule has 0 unspecified atom stereocenters. The second-order valence-corrected chi connectivity index (χ2v) is 4.79. The van der Waals surface area contributed by atoms with Crippen LogP contribution in [0.2, 0.25) is 10.0 Å². The highest BCUT2D eigenvalue weighted by molar-refractivity contribution is 6.36. The molecule has 0 radical (unpaired) electrons. The first kappa shape index (κ1) is 17.8. The lowest BCUT2D eigenvalue weighted by Gasteiger charge is -2.07. The van der Waals surface area contributed by atoms with Crippen molar-refractivity contribution in [2.45, 2.75) is 0 Å². The third-order valence-electron chi connectivity index (χ3n) is 2.32. The van der Waals surface area contributed by atoms with Gasteiger partial charge in [0, 0.05) is 5.02 Å². The summed E-state index contributed by atoms with van der Waals surface area (Å²) >= 11 is 11.6. The van der Waals surface area contributed by atoms with E-state index in [0.29, 0.717) is 5.02 Å². The van der Waals surface area contributed by atoms with Crippen molar-refractivity contribution in [2.24, 2.45) is 0 Å². The van der Waals surface area contributed by atoms with Crippen LogP contribution in [0.4, 0.5) is 0 Å². The van der Waals surface area contributed by atoms with Crippen LogP contribution in [0, 0.1) is 12.3 Å². The first-order valence-corrected chi connectivity index (χ1v) is 6.78. The minimum Gasteiger partial charge on any atom is -0.454 e. The van der Waals surface area contributed by atoms with Gasteiger partial charge < -0.3 is 15.4 Å². The third kappa shape index (κ3) is 6.04. The summed E-state index contributed by atoms with van der Waals surface area (Å²) in [5.74, 6) is 0.344. The molecule has 0 saturated carbocycles. The maximum absolute atomic E-state index is 11.8. The Bertz CT molecular complexity index is 626. The molecule has 1 aromatic carbocycles. The van der Waals surface area contributed by atoms with E-state index in [1.807, 2.05) is 0 Å². The predicted octanol–water partition coefficient (Wildman–Crippen LogP) is 1.02. The van der Waals surface area contributed by atoms with Crippen molar-refractivity contribution in [1.82, 2.24) is 10.6 Å². The Morgan fingerprint density at radius 1 is 1.23 bits per heavy atom. The van der Waals surface area contributed by atoms with Gasteiger partial charge in [-0.25, -0.2) is 0 Å². The Balaban J connectivity index is 2.39. The third-order valence-corrected chi connectivity index (χ3v) is 2.87. The number of carbonyl (C=O) groups excluding carboxylic acids is 3. The van der Waals surface area contributed by atoms with E-state index >= 15 is 0 Å². The molecule has 0 saturated heterocycles. The van der Waals surface area contributed by atoms with E-state index in [9.17, 15) is 14.4 Å². The van der Waals surface area contributed by atoms with Crippen molar-refractivity contribution in [3.63, 3.8) is 0 Å². The summed E-state index contributed by atoms with van der Waals surface area (Å²) < 4.78 is 4.65. The van der Waals surface area contributed by atoms with Crippen LogP contribution in [0.15, 0.2) is 18.2 Å². The van der Waals surface area contributed by atoms with Gasteiger partial charge in [0.2, 0.25) is 0 Å². The number of terminal acetylenes is 1. The van der Waals surface area contributed by atoms with Crippen molar-refractivity contribution in [3.8, 4) is 12.3 Å². The Morgan fingerprint density at radius 3 is 2.59 bits per heavy atom. The molecule has 1 rings (SSSR count). The van der Waals surface area contributed by atoms with Gasteiger partial charge in [0.1, 0.15) is 6.54 Å². The molecule has 2 amide bonds. The molecule has 0 bridgehead atoms. The van der Waals surface area contributed by atoms with E-state index in [4.69, 9.17) is 29.6 Å². The summed E-state index contributed by atoms with van der Waals surface area (Å²) in [4.78, 5) is 34.3. The number of hydrogen-bond donors (Lipinski definition) is 2. The molecule has 0 aliphatic heterocycles. The van der Waals surface area contributed by atoms with Crippen LogP contribution in [0.25, 0.3) is 0 Å². The van der Waals surface area contributed by atoms with Gasteiger partial charge in [0.15, 0.2) is 6.61 Å². The van der Waals surface area contributed by atoms with E-state index in [1.54, 1.807) is 0 Å². The van der Waals surface area contributed by atoms with E-state index in [2.05, 4.69) is 21.3 Å². The molecule has 0 fully saturated rings. The van der Waals surface area contributed by atoms with E-state index < -0.39 is 30.9 Å².